The zero-order valence-corrected chi connectivity index (χ0v) is 20.5. The molecule has 1 N–H and O–H groups in total. The van der Waals surface area contributed by atoms with Gasteiger partial charge in [0.05, 0.1) is 33.4 Å². The number of aryl methyl sites for hydroxylation is 3. The van der Waals surface area contributed by atoms with Crippen molar-refractivity contribution in [2.75, 3.05) is 46.2 Å². The van der Waals surface area contributed by atoms with Crippen LogP contribution in [-0.4, -0.2) is 62.5 Å². The van der Waals surface area contributed by atoms with Gasteiger partial charge in [-0.1, -0.05) is 17.7 Å². The average Bonchev–Trinajstić information content (AvgIpc) is 3.25. The van der Waals surface area contributed by atoms with Crippen LogP contribution >= 0.6 is 0 Å². The minimum Gasteiger partial charge on any atom is -0.497 e. The Morgan fingerprint density at radius 1 is 1.06 bits per heavy atom. The number of benzene rings is 2. The number of carbonyl (C=O) groups excluding carboxylic acids is 2. The lowest BCUT2D eigenvalue weighted by atomic mass is 10.0. The standard InChI is InChI=1S/C26H35N3O4/c1-17-12-18(2)26(19(3)13-17)27-24(30)15-28(4)16-25(31)29-11-7-8-22(29)21-14-20(32-5)9-10-23(21)33-6/h9-10,12-14,22H,7-8,11,15-16H2,1-6H3,(H,27,30)/t22-/m1/s1. The number of nitrogens with one attached hydrogen (secondary N) is 1. The first-order chi connectivity index (χ1) is 15.7. The van der Waals surface area contributed by atoms with Gasteiger partial charge >= 0.3 is 0 Å². The summed E-state index contributed by atoms with van der Waals surface area (Å²) >= 11 is 0. The number of likely N-dealkylation sites (N-methyl/N-ethyl adjacent to an activating group) is 1. The second-order valence-electron chi connectivity index (χ2n) is 8.85. The third kappa shape index (κ3) is 5.85. The minimum atomic E-state index is -0.132. The highest BCUT2D eigenvalue weighted by atomic mass is 16.5. The number of ether oxygens (including phenoxy) is 2. The Labute approximate surface area is 196 Å². The first kappa shape index (κ1) is 24.6. The average molecular weight is 454 g/mol. The third-order valence-electron chi connectivity index (χ3n) is 6.13. The number of hydrogen-bond donors (Lipinski definition) is 1. The number of anilines is 1. The highest BCUT2D eigenvalue weighted by Gasteiger charge is 2.32. The summed E-state index contributed by atoms with van der Waals surface area (Å²) in [6.07, 6.45) is 1.79. The second-order valence-corrected chi connectivity index (χ2v) is 8.85. The molecule has 2 aromatic carbocycles. The molecule has 0 saturated carbocycles. The van der Waals surface area contributed by atoms with Crippen molar-refractivity contribution in [1.29, 1.82) is 0 Å². The number of rotatable bonds is 8. The van der Waals surface area contributed by atoms with Crippen molar-refractivity contribution >= 4 is 17.5 Å². The molecule has 1 saturated heterocycles. The highest BCUT2D eigenvalue weighted by Crippen LogP contribution is 2.39. The van der Waals surface area contributed by atoms with E-state index in [9.17, 15) is 9.59 Å². The van der Waals surface area contributed by atoms with Gasteiger partial charge in [-0.25, -0.2) is 0 Å². The fraction of sp³-hybridized carbons (Fsp3) is 0.462. The number of amides is 2. The van der Waals surface area contributed by atoms with E-state index in [4.69, 9.17) is 9.47 Å². The molecule has 1 aliphatic heterocycles. The summed E-state index contributed by atoms with van der Waals surface area (Å²) in [5.74, 6) is 1.35. The van der Waals surface area contributed by atoms with Crippen LogP contribution in [0.4, 0.5) is 5.69 Å². The van der Waals surface area contributed by atoms with E-state index in [1.165, 1.54) is 5.56 Å². The molecule has 0 bridgehead atoms. The van der Waals surface area contributed by atoms with Crippen LogP contribution in [0.5, 0.6) is 11.5 Å². The fourth-order valence-corrected chi connectivity index (χ4v) is 4.67. The Kier molecular flexibility index (Phi) is 7.97. The van der Waals surface area contributed by atoms with Crippen molar-refractivity contribution in [2.45, 2.75) is 39.7 Å². The van der Waals surface area contributed by atoms with Crippen LogP contribution in [0.25, 0.3) is 0 Å². The van der Waals surface area contributed by atoms with Gasteiger partial charge in [-0.3, -0.25) is 14.5 Å². The molecule has 3 rings (SSSR count). The summed E-state index contributed by atoms with van der Waals surface area (Å²) in [6.45, 7) is 7.01. The predicted molar refractivity (Wildman–Crippen MR) is 130 cm³/mol. The summed E-state index contributed by atoms with van der Waals surface area (Å²) < 4.78 is 10.9. The van der Waals surface area contributed by atoms with Crippen molar-refractivity contribution in [2.24, 2.45) is 0 Å². The number of nitrogens with zero attached hydrogens (tertiary/aromatic N) is 2. The van der Waals surface area contributed by atoms with Crippen LogP contribution in [0.3, 0.4) is 0 Å². The molecule has 178 valence electrons. The Bertz CT molecular complexity index is 998. The molecule has 1 atom stereocenters. The maximum Gasteiger partial charge on any atom is 0.238 e. The van der Waals surface area contributed by atoms with Gasteiger partial charge in [-0.2, -0.15) is 0 Å². The molecule has 1 fully saturated rings. The zero-order chi connectivity index (χ0) is 24.1. The van der Waals surface area contributed by atoms with Crippen molar-refractivity contribution in [3.05, 3.63) is 52.6 Å². The van der Waals surface area contributed by atoms with Crippen molar-refractivity contribution < 1.29 is 19.1 Å². The van der Waals surface area contributed by atoms with Gasteiger partial charge in [0.25, 0.3) is 0 Å². The summed E-state index contributed by atoms with van der Waals surface area (Å²) in [4.78, 5) is 29.5. The molecule has 1 heterocycles. The van der Waals surface area contributed by atoms with Gasteiger partial charge < -0.3 is 19.7 Å². The van der Waals surface area contributed by atoms with Gasteiger partial charge in [-0.05, 0) is 70.0 Å². The molecular formula is C26H35N3O4. The SMILES string of the molecule is COc1ccc(OC)c([C@H]2CCCN2C(=O)CN(C)CC(=O)Nc2c(C)cc(C)cc2C)c1. The lowest BCUT2D eigenvalue weighted by molar-refractivity contribution is -0.133. The lowest BCUT2D eigenvalue weighted by Crippen LogP contribution is -2.41. The number of hydrogen-bond acceptors (Lipinski definition) is 5. The van der Waals surface area contributed by atoms with Crippen LogP contribution in [-0.2, 0) is 9.59 Å². The monoisotopic (exact) mass is 453 g/mol. The summed E-state index contributed by atoms with van der Waals surface area (Å²) in [5.41, 5.74) is 5.03. The van der Waals surface area contributed by atoms with E-state index in [-0.39, 0.29) is 30.9 Å². The molecule has 2 amide bonds. The molecular weight excluding hydrogens is 418 g/mol. The van der Waals surface area contributed by atoms with Gasteiger partial charge in [0.1, 0.15) is 11.5 Å². The Hall–Kier alpha value is -3.06. The Morgan fingerprint density at radius 3 is 2.39 bits per heavy atom. The van der Waals surface area contributed by atoms with Crippen molar-refractivity contribution in [3.8, 4) is 11.5 Å². The fourth-order valence-electron chi connectivity index (χ4n) is 4.67. The van der Waals surface area contributed by atoms with E-state index in [2.05, 4.69) is 17.4 Å². The van der Waals surface area contributed by atoms with E-state index in [1.807, 2.05) is 43.9 Å². The van der Waals surface area contributed by atoms with E-state index in [0.717, 1.165) is 46.7 Å². The van der Waals surface area contributed by atoms with Gasteiger partial charge in [0.2, 0.25) is 11.8 Å². The molecule has 2 aromatic rings. The van der Waals surface area contributed by atoms with Crippen LogP contribution in [0, 0.1) is 20.8 Å². The number of carbonyl (C=O) groups is 2. The number of methoxy groups -OCH3 is 2. The molecule has 7 heteroatoms. The molecule has 0 radical (unpaired) electrons. The lowest BCUT2D eigenvalue weighted by Gasteiger charge is -2.28. The first-order valence-electron chi connectivity index (χ1n) is 11.3. The second kappa shape index (κ2) is 10.7. The van der Waals surface area contributed by atoms with Crippen LogP contribution < -0.4 is 14.8 Å². The van der Waals surface area contributed by atoms with Crippen LogP contribution in [0.2, 0.25) is 0 Å². The van der Waals surface area contributed by atoms with Gasteiger partial charge in [0, 0.05) is 17.8 Å². The number of likely N-dealkylation sites (tertiary alicyclic amines) is 1. The topological polar surface area (TPSA) is 71.1 Å². The maximum atomic E-state index is 13.2. The molecule has 1 aliphatic rings. The van der Waals surface area contributed by atoms with Crippen molar-refractivity contribution in [1.82, 2.24) is 9.80 Å². The van der Waals surface area contributed by atoms with E-state index in [0.29, 0.717) is 6.54 Å². The van der Waals surface area contributed by atoms with Gasteiger partial charge in [-0.15, -0.1) is 0 Å². The molecule has 0 spiro atoms. The smallest absolute Gasteiger partial charge is 0.238 e. The third-order valence-corrected chi connectivity index (χ3v) is 6.13. The molecule has 0 unspecified atom stereocenters. The van der Waals surface area contributed by atoms with E-state index < -0.39 is 0 Å². The maximum absolute atomic E-state index is 13.2. The Morgan fingerprint density at radius 2 is 1.76 bits per heavy atom. The molecule has 33 heavy (non-hydrogen) atoms. The normalized spacial score (nSPS) is 15.6. The van der Waals surface area contributed by atoms with Crippen LogP contribution in [0.15, 0.2) is 30.3 Å². The Balaban J connectivity index is 1.64. The molecule has 7 nitrogen and oxygen atoms in total. The quantitative estimate of drug-likeness (QED) is 0.657. The first-order valence-corrected chi connectivity index (χ1v) is 11.3. The van der Waals surface area contributed by atoms with E-state index >= 15 is 0 Å². The largest absolute Gasteiger partial charge is 0.497 e. The summed E-state index contributed by atoms with van der Waals surface area (Å²) in [5, 5.41) is 3.01. The van der Waals surface area contributed by atoms with Crippen LogP contribution in [0.1, 0.15) is 41.1 Å². The summed E-state index contributed by atoms with van der Waals surface area (Å²) in [6, 6.07) is 9.71. The molecule has 0 aromatic heterocycles. The molecule has 0 aliphatic carbocycles. The highest BCUT2D eigenvalue weighted by molar-refractivity contribution is 5.94. The van der Waals surface area contributed by atoms with Gasteiger partial charge in [0.15, 0.2) is 0 Å². The van der Waals surface area contributed by atoms with Crippen molar-refractivity contribution in [3.63, 3.8) is 0 Å². The minimum absolute atomic E-state index is 0.000343. The zero-order valence-electron chi connectivity index (χ0n) is 20.5. The summed E-state index contributed by atoms with van der Waals surface area (Å²) in [7, 11) is 5.06. The predicted octanol–water partition coefficient (Wildman–Crippen LogP) is 3.86. The van der Waals surface area contributed by atoms with E-state index in [1.54, 1.807) is 26.2 Å².